The summed E-state index contributed by atoms with van der Waals surface area (Å²) in [6, 6.07) is 8.67. The summed E-state index contributed by atoms with van der Waals surface area (Å²) in [5, 5.41) is -0.390. The molecule has 0 radical (unpaired) electrons. The zero-order chi connectivity index (χ0) is 17.3. The molecule has 1 fully saturated rings. The van der Waals surface area contributed by atoms with Gasteiger partial charge in [0.1, 0.15) is 12.7 Å². The first-order valence-electron chi connectivity index (χ1n) is 7.77. The van der Waals surface area contributed by atoms with Crippen LogP contribution < -0.4 is 0 Å². The van der Waals surface area contributed by atoms with Crippen LogP contribution in [0.5, 0.6) is 0 Å². The molecule has 0 aliphatic carbocycles. The Hall–Kier alpha value is -1.66. The van der Waals surface area contributed by atoms with Gasteiger partial charge in [0.05, 0.1) is 11.5 Å². The van der Waals surface area contributed by atoms with Gasteiger partial charge >= 0.3 is 11.9 Å². The number of cyclic esters (lactones) is 1. The van der Waals surface area contributed by atoms with E-state index in [-0.39, 0.29) is 12.6 Å². The molecule has 0 amide bonds. The molecular weight excluding hydrogens is 312 g/mol. The van der Waals surface area contributed by atoms with Crippen molar-refractivity contribution in [2.75, 3.05) is 6.61 Å². The summed E-state index contributed by atoms with van der Waals surface area (Å²) in [4.78, 5) is 34.6. The van der Waals surface area contributed by atoms with Crippen molar-refractivity contribution in [3.8, 4) is 0 Å². The minimum absolute atomic E-state index is 0.0750. The number of carbonyl (C=O) groups excluding carboxylic acids is 2. The van der Waals surface area contributed by atoms with E-state index < -0.39 is 31.3 Å². The maximum Gasteiger partial charge on any atom is 0.338 e. The third kappa shape index (κ3) is 4.00. The van der Waals surface area contributed by atoms with E-state index in [1.165, 1.54) is 0 Å². The third-order valence-electron chi connectivity index (χ3n) is 4.80. The van der Waals surface area contributed by atoms with Crippen molar-refractivity contribution in [2.24, 2.45) is 5.92 Å². The average molecular weight is 336 g/mol. The van der Waals surface area contributed by atoms with Crippen molar-refractivity contribution in [1.82, 2.24) is 0 Å². The minimum atomic E-state index is -2.46. The predicted molar refractivity (Wildman–Crippen MR) is 88.5 cm³/mol. The molecule has 5 nitrogen and oxygen atoms in total. The largest absolute Gasteiger partial charge is 0.461 e. The number of rotatable bonds is 5. The first-order valence-corrected chi connectivity index (χ1v) is 10.7. The molecule has 126 valence electrons. The van der Waals surface area contributed by atoms with Crippen molar-refractivity contribution >= 4 is 20.3 Å². The Morgan fingerprint density at radius 3 is 2.52 bits per heavy atom. The molecule has 2 rings (SSSR count). The van der Waals surface area contributed by atoms with Crippen molar-refractivity contribution < 1.29 is 23.9 Å². The first kappa shape index (κ1) is 17.7. The second-order valence-corrected chi connectivity index (χ2v) is 11.7. The van der Waals surface area contributed by atoms with Gasteiger partial charge in [0.15, 0.2) is 8.32 Å². The minimum Gasteiger partial charge on any atom is -0.461 e. The van der Waals surface area contributed by atoms with Crippen LogP contribution in [0.25, 0.3) is 0 Å². The van der Waals surface area contributed by atoms with Crippen molar-refractivity contribution in [2.45, 2.75) is 44.5 Å². The average Bonchev–Trinajstić information content (AvgIpc) is 2.79. The smallest absolute Gasteiger partial charge is 0.338 e. The van der Waals surface area contributed by atoms with Crippen LogP contribution in [0.3, 0.4) is 0 Å². The van der Waals surface area contributed by atoms with E-state index in [4.69, 9.17) is 9.47 Å². The van der Waals surface area contributed by atoms with Crippen LogP contribution in [-0.4, -0.2) is 37.8 Å². The molecule has 1 saturated heterocycles. The van der Waals surface area contributed by atoms with Crippen molar-refractivity contribution in [3.05, 3.63) is 35.9 Å². The highest BCUT2D eigenvalue weighted by Gasteiger charge is 2.47. The van der Waals surface area contributed by atoms with Gasteiger partial charge in [-0.05, 0) is 36.7 Å². The molecule has 0 aromatic heterocycles. The zero-order valence-corrected chi connectivity index (χ0v) is 15.0. The quantitative estimate of drug-likeness (QED) is 0.661. The Labute approximate surface area is 137 Å². The molecule has 2 atom stereocenters. The van der Waals surface area contributed by atoms with Crippen LogP contribution in [0.1, 0.15) is 30.6 Å². The fourth-order valence-corrected chi connectivity index (χ4v) is 3.17. The van der Waals surface area contributed by atoms with E-state index in [0.29, 0.717) is 12.0 Å². The topological polar surface area (TPSA) is 72.8 Å². The lowest BCUT2D eigenvalue weighted by Crippen LogP contribution is -2.42. The summed E-state index contributed by atoms with van der Waals surface area (Å²) in [6.07, 6.45) is -0.167. The molecule has 1 aliphatic rings. The van der Waals surface area contributed by atoms with Gasteiger partial charge in [-0.25, -0.2) is 4.79 Å². The second kappa shape index (κ2) is 6.45. The van der Waals surface area contributed by atoms with Crippen LogP contribution in [0.2, 0.25) is 18.1 Å². The molecule has 1 aliphatic heterocycles. The summed E-state index contributed by atoms with van der Waals surface area (Å²) in [5.74, 6) is -1.35. The van der Waals surface area contributed by atoms with Crippen LogP contribution >= 0.6 is 0 Å². The van der Waals surface area contributed by atoms with Gasteiger partial charge in [-0.1, -0.05) is 32.0 Å². The second-order valence-electron chi connectivity index (χ2n) is 7.19. The highest BCUT2D eigenvalue weighted by atomic mass is 28.4. The highest BCUT2D eigenvalue weighted by Crippen LogP contribution is 2.44. The zero-order valence-electron chi connectivity index (χ0n) is 14.0. The van der Waals surface area contributed by atoms with E-state index in [1.807, 2.05) is 33.0 Å². The van der Waals surface area contributed by atoms with Crippen LogP contribution in [0.4, 0.5) is 0 Å². The van der Waals surface area contributed by atoms with Gasteiger partial charge in [0, 0.05) is 0 Å². The Kier molecular flexibility index (Phi) is 4.96. The molecule has 1 heterocycles. The Morgan fingerprint density at radius 1 is 1.35 bits per heavy atom. The number of hydrogen-bond acceptors (Lipinski definition) is 5. The molecular formula is C17H24O5Si. The molecule has 1 aromatic carbocycles. The van der Waals surface area contributed by atoms with E-state index >= 15 is 0 Å². The fourth-order valence-electron chi connectivity index (χ4n) is 2.45. The normalized spacial score (nSPS) is 21.9. The lowest BCUT2D eigenvalue weighted by Gasteiger charge is -2.37. The molecule has 0 bridgehead atoms. The SMILES string of the molecule is CC(C)(CC1C(=O)OC[C@@H]1OC(=O)c1ccccc1)[Si](C)(C)O. The predicted octanol–water partition coefficient (Wildman–Crippen LogP) is 2.75. The first-order chi connectivity index (χ1) is 10.6. The molecule has 0 spiro atoms. The van der Waals surface area contributed by atoms with E-state index in [9.17, 15) is 14.4 Å². The highest BCUT2D eigenvalue weighted by molar-refractivity contribution is 6.72. The summed E-state index contributed by atoms with van der Waals surface area (Å²) >= 11 is 0. The van der Waals surface area contributed by atoms with Gasteiger partial charge in [-0.15, -0.1) is 0 Å². The van der Waals surface area contributed by atoms with Gasteiger partial charge in [0.25, 0.3) is 0 Å². The molecule has 6 heteroatoms. The van der Waals surface area contributed by atoms with E-state index in [2.05, 4.69) is 0 Å². The molecule has 23 heavy (non-hydrogen) atoms. The standard InChI is InChI=1S/C17H24O5Si/c1-17(2,23(3,4)20)10-13-14(11-21-16(13)19)22-15(18)12-8-6-5-7-9-12/h5-9,13-14,20H,10-11H2,1-4H3/t13?,14-/m0/s1. The third-order valence-corrected chi connectivity index (χ3v) is 8.31. The van der Waals surface area contributed by atoms with Crippen molar-refractivity contribution in [3.63, 3.8) is 0 Å². The summed E-state index contributed by atoms with van der Waals surface area (Å²) in [6.45, 7) is 7.66. The van der Waals surface area contributed by atoms with E-state index in [0.717, 1.165) is 0 Å². The Morgan fingerprint density at radius 2 is 1.96 bits per heavy atom. The maximum absolute atomic E-state index is 12.2. The summed E-state index contributed by atoms with van der Waals surface area (Å²) < 4.78 is 10.6. The summed E-state index contributed by atoms with van der Waals surface area (Å²) in [7, 11) is -2.46. The van der Waals surface area contributed by atoms with Gasteiger partial charge in [-0.2, -0.15) is 0 Å². The molecule has 1 aromatic rings. The number of ether oxygens (including phenoxy) is 2. The van der Waals surface area contributed by atoms with Gasteiger partial charge in [-0.3, -0.25) is 4.79 Å². The van der Waals surface area contributed by atoms with Crippen LogP contribution in [-0.2, 0) is 14.3 Å². The fraction of sp³-hybridized carbons (Fsp3) is 0.529. The maximum atomic E-state index is 12.2. The van der Waals surface area contributed by atoms with Crippen LogP contribution in [0, 0.1) is 5.92 Å². The number of esters is 2. The molecule has 1 unspecified atom stereocenters. The number of carbonyl (C=O) groups is 2. The van der Waals surface area contributed by atoms with E-state index in [1.54, 1.807) is 24.3 Å². The lowest BCUT2D eigenvalue weighted by atomic mass is 9.93. The Bertz CT molecular complexity index is 576. The number of benzene rings is 1. The lowest BCUT2D eigenvalue weighted by molar-refractivity contribution is -0.141. The summed E-state index contributed by atoms with van der Waals surface area (Å²) in [5.41, 5.74) is 0.446. The van der Waals surface area contributed by atoms with Crippen LogP contribution in [0.15, 0.2) is 30.3 Å². The monoisotopic (exact) mass is 336 g/mol. The number of hydrogen-bond donors (Lipinski definition) is 1. The Balaban J connectivity index is 2.10. The van der Waals surface area contributed by atoms with Crippen molar-refractivity contribution in [1.29, 1.82) is 0 Å². The molecule has 1 N–H and O–H groups in total. The van der Waals surface area contributed by atoms with Gasteiger partial charge < -0.3 is 14.3 Å². The van der Waals surface area contributed by atoms with Gasteiger partial charge in [0.2, 0.25) is 0 Å². The molecule has 0 saturated carbocycles.